The number of Topliss-reactive ketones (excluding diaryl/α,β-unsaturated/α-hetero) is 1. The van der Waals surface area contributed by atoms with Crippen molar-refractivity contribution >= 4 is 17.5 Å². The van der Waals surface area contributed by atoms with Crippen molar-refractivity contribution in [2.24, 2.45) is 11.8 Å². The van der Waals surface area contributed by atoms with E-state index in [-0.39, 0.29) is 23.7 Å². The molecule has 2 aromatic carbocycles. The molecule has 1 unspecified atom stereocenters. The van der Waals surface area contributed by atoms with E-state index < -0.39 is 0 Å². The number of piperidine rings is 2. The monoisotopic (exact) mass is 480 g/mol. The molecule has 0 saturated carbocycles. The normalized spacial score (nSPS) is 23.6. The number of halogens is 1. The maximum absolute atomic E-state index is 13.3. The van der Waals surface area contributed by atoms with E-state index >= 15 is 0 Å². The number of benzene rings is 2. The van der Waals surface area contributed by atoms with E-state index in [9.17, 15) is 14.0 Å². The number of amides is 2. The maximum atomic E-state index is 13.3. The fourth-order valence-corrected chi connectivity index (χ4v) is 5.47. The summed E-state index contributed by atoms with van der Waals surface area (Å²) >= 11 is 0. The minimum atomic E-state index is -0.233. The van der Waals surface area contributed by atoms with Crippen molar-refractivity contribution < 1.29 is 14.0 Å². The Kier molecular flexibility index (Phi) is 8.52. The minimum absolute atomic E-state index is 0.0257. The second-order valence-electron chi connectivity index (χ2n) is 10.3. The Bertz CT molecular complexity index is 1010. The first kappa shape index (κ1) is 25.3. The van der Waals surface area contributed by atoms with Crippen molar-refractivity contribution in [3.8, 4) is 0 Å². The first-order valence-electron chi connectivity index (χ1n) is 12.7. The van der Waals surface area contributed by atoms with Crippen LogP contribution in [0.5, 0.6) is 0 Å². The maximum Gasteiger partial charge on any atom is 0.319 e. The van der Waals surface area contributed by atoms with E-state index in [1.54, 1.807) is 36.4 Å². The van der Waals surface area contributed by atoms with E-state index in [4.69, 9.17) is 0 Å². The summed E-state index contributed by atoms with van der Waals surface area (Å²) in [6.07, 6.45) is 4.39. The van der Waals surface area contributed by atoms with Crippen LogP contribution in [0.15, 0.2) is 48.5 Å². The van der Waals surface area contributed by atoms with Crippen LogP contribution in [-0.2, 0) is 6.42 Å². The summed E-state index contributed by atoms with van der Waals surface area (Å²) in [7, 11) is 2.10. The molecular weight excluding hydrogens is 443 g/mol. The molecule has 0 bridgehead atoms. The summed E-state index contributed by atoms with van der Waals surface area (Å²) in [6.45, 7) is 6.46. The van der Waals surface area contributed by atoms with Gasteiger partial charge >= 0.3 is 6.03 Å². The van der Waals surface area contributed by atoms with Crippen LogP contribution in [0.3, 0.4) is 0 Å². The van der Waals surface area contributed by atoms with Gasteiger partial charge in [-0.2, -0.15) is 0 Å². The van der Waals surface area contributed by atoms with Gasteiger partial charge in [-0.05, 0) is 94.4 Å². The smallest absolute Gasteiger partial charge is 0.319 e. The number of likely N-dealkylation sites (N-methyl/N-ethyl adjacent to an activating group) is 1. The van der Waals surface area contributed by atoms with Crippen LogP contribution >= 0.6 is 0 Å². The number of nitrogens with zero attached hydrogens (tertiary/aromatic N) is 2. The summed E-state index contributed by atoms with van der Waals surface area (Å²) in [4.78, 5) is 29.3. The molecule has 0 aliphatic carbocycles. The van der Waals surface area contributed by atoms with Crippen LogP contribution in [0.4, 0.5) is 14.9 Å². The average Bonchev–Trinajstić information content (AvgIpc) is 2.83. The fourth-order valence-electron chi connectivity index (χ4n) is 5.47. The lowest BCUT2D eigenvalue weighted by Gasteiger charge is -2.41. The molecule has 0 radical (unpaired) electrons. The van der Waals surface area contributed by atoms with Gasteiger partial charge in [-0.3, -0.25) is 4.79 Å². The van der Waals surface area contributed by atoms with E-state index in [1.165, 1.54) is 25.3 Å². The highest BCUT2D eigenvalue weighted by atomic mass is 19.1. The second kappa shape index (κ2) is 11.8. The first-order valence-corrected chi connectivity index (χ1v) is 12.7. The number of carbonyl (C=O) groups excluding carboxylic acids is 2. The SMILES string of the molecule is CC(=O)c1cccc(NC(=O)N[C@H]2CN(C)CC[C@H]2CN2CCCC(Cc3ccc(F)cc3)C2)c1. The summed E-state index contributed by atoms with van der Waals surface area (Å²) in [5.41, 5.74) is 2.40. The lowest BCUT2D eigenvalue weighted by molar-refractivity contribution is 0.0996. The highest BCUT2D eigenvalue weighted by Gasteiger charge is 2.32. The van der Waals surface area contributed by atoms with Crippen LogP contribution in [0.2, 0.25) is 0 Å². The molecule has 2 aromatic rings. The number of hydrogen-bond acceptors (Lipinski definition) is 4. The third-order valence-electron chi connectivity index (χ3n) is 7.34. The molecule has 35 heavy (non-hydrogen) atoms. The average molecular weight is 481 g/mol. The summed E-state index contributed by atoms with van der Waals surface area (Å²) in [5, 5.41) is 6.10. The molecule has 2 heterocycles. The number of hydrogen-bond donors (Lipinski definition) is 2. The summed E-state index contributed by atoms with van der Waals surface area (Å²) in [5.74, 6) is 0.742. The molecule has 2 fully saturated rings. The highest BCUT2D eigenvalue weighted by Crippen LogP contribution is 2.25. The lowest BCUT2D eigenvalue weighted by atomic mass is 9.88. The third kappa shape index (κ3) is 7.36. The number of carbonyl (C=O) groups is 2. The molecule has 188 valence electrons. The zero-order chi connectivity index (χ0) is 24.8. The van der Waals surface area contributed by atoms with Crippen molar-refractivity contribution in [3.05, 3.63) is 65.5 Å². The molecule has 6 nitrogen and oxygen atoms in total. The van der Waals surface area contributed by atoms with Gasteiger partial charge in [-0.1, -0.05) is 24.3 Å². The Morgan fingerprint density at radius 3 is 2.63 bits per heavy atom. The molecule has 2 aliphatic rings. The van der Waals surface area contributed by atoms with Crippen LogP contribution in [0.25, 0.3) is 0 Å². The Balaban J connectivity index is 1.33. The Hall–Kier alpha value is -2.77. The number of likely N-dealkylation sites (tertiary alicyclic amines) is 2. The predicted molar refractivity (Wildman–Crippen MR) is 137 cm³/mol. The molecule has 4 rings (SSSR count). The summed E-state index contributed by atoms with van der Waals surface area (Å²) in [6, 6.07) is 13.8. The standard InChI is InChI=1S/C28H37FN4O2/c1-20(34)23-6-3-7-26(16-23)30-28(35)31-27-19-32(2)14-12-24(27)18-33-13-4-5-22(17-33)15-21-8-10-25(29)11-9-21/h3,6-11,16,22,24,27H,4-5,12-15,17-19H2,1-2H3,(H2,30,31,35)/t22?,24-,27-/m0/s1. The molecule has 2 saturated heterocycles. The Morgan fingerprint density at radius 1 is 1.06 bits per heavy atom. The van der Waals surface area contributed by atoms with E-state index in [0.717, 1.165) is 45.6 Å². The van der Waals surface area contributed by atoms with E-state index in [0.29, 0.717) is 23.1 Å². The second-order valence-corrected chi connectivity index (χ2v) is 10.3. The number of anilines is 1. The molecule has 3 atom stereocenters. The number of urea groups is 1. The van der Waals surface area contributed by atoms with Crippen LogP contribution < -0.4 is 10.6 Å². The number of nitrogens with one attached hydrogen (secondary N) is 2. The fraction of sp³-hybridized carbons (Fsp3) is 0.500. The van der Waals surface area contributed by atoms with Gasteiger partial charge in [-0.15, -0.1) is 0 Å². The van der Waals surface area contributed by atoms with Crippen LogP contribution in [0.1, 0.15) is 42.1 Å². The van der Waals surface area contributed by atoms with Gasteiger partial charge in [0.1, 0.15) is 5.82 Å². The van der Waals surface area contributed by atoms with Gasteiger partial charge in [-0.25, -0.2) is 9.18 Å². The highest BCUT2D eigenvalue weighted by molar-refractivity contribution is 5.96. The predicted octanol–water partition coefficient (Wildman–Crippen LogP) is 4.42. The van der Waals surface area contributed by atoms with Crippen LogP contribution in [0, 0.1) is 17.7 Å². The number of ketones is 1. The van der Waals surface area contributed by atoms with Crippen molar-refractivity contribution in [1.82, 2.24) is 15.1 Å². The Labute approximate surface area is 207 Å². The van der Waals surface area contributed by atoms with Crippen molar-refractivity contribution in [2.45, 2.75) is 38.6 Å². The van der Waals surface area contributed by atoms with Gasteiger partial charge in [0.15, 0.2) is 5.78 Å². The van der Waals surface area contributed by atoms with E-state index in [2.05, 4.69) is 27.5 Å². The molecule has 2 aliphatic heterocycles. The molecule has 2 N–H and O–H groups in total. The minimum Gasteiger partial charge on any atom is -0.334 e. The largest absolute Gasteiger partial charge is 0.334 e. The lowest BCUT2D eigenvalue weighted by Crippen LogP contribution is -2.55. The quantitative estimate of drug-likeness (QED) is 0.576. The van der Waals surface area contributed by atoms with Gasteiger partial charge in [0.25, 0.3) is 0 Å². The van der Waals surface area contributed by atoms with Gasteiger partial charge in [0.2, 0.25) is 0 Å². The van der Waals surface area contributed by atoms with Gasteiger partial charge in [0, 0.05) is 36.9 Å². The number of rotatable bonds is 7. The van der Waals surface area contributed by atoms with Crippen LogP contribution in [-0.4, -0.2) is 67.4 Å². The van der Waals surface area contributed by atoms with Crippen molar-refractivity contribution in [1.29, 1.82) is 0 Å². The Morgan fingerprint density at radius 2 is 1.86 bits per heavy atom. The first-order chi connectivity index (χ1) is 16.9. The zero-order valence-corrected chi connectivity index (χ0v) is 20.8. The molecular formula is C28H37FN4O2. The van der Waals surface area contributed by atoms with Crippen molar-refractivity contribution in [3.63, 3.8) is 0 Å². The zero-order valence-electron chi connectivity index (χ0n) is 20.8. The molecule has 0 aromatic heterocycles. The molecule has 7 heteroatoms. The summed E-state index contributed by atoms with van der Waals surface area (Å²) < 4.78 is 13.3. The van der Waals surface area contributed by atoms with Gasteiger partial charge in [0.05, 0.1) is 0 Å². The molecule has 0 spiro atoms. The third-order valence-corrected chi connectivity index (χ3v) is 7.34. The molecule has 2 amide bonds. The van der Waals surface area contributed by atoms with E-state index in [1.807, 2.05) is 12.1 Å². The van der Waals surface area contributed by atoms with Gasteiger partial charge < -0.3 is 20.4 Å². The topological polar surface area (TPSA) is 64.7 Å². The van der Waals surface area contributed by atoms with Crippen molar-refractivity contribution in [2.75, 3.05) is 45.1 Å².